The molecule has 182 valence electrons. The first-order chi connectivity index (χ1) is 16.0. The van der Waals surface area contributed by atoms with Crippen molar-refractivity contribution in [1.82, 2.24) is 15.1 Å². The molecule has 34 heavy (non-hydrogen) atoms. The van der Waals surface area contributed by atoms with Gasteiger partial charge in [0.1, 0.15) is 11.6 Å². The first kappa shape index (κ1) is 23.9. The predicted molar refractivity (Wildman–Crippen MR) is 122 cm³/mol. The van der Waals surface area contributed by atoms with E-state index in [-0.39, 0.29) is 18.9 Å². The van der Waals surface area contributed by atoms with Gasteiger partial charge in [-0.3, -0.25) is 29.4 Å². The third-order valence-corrected chi connectivity index (χ3v) is 6.64. The van der Waals surface area contributed by atoms with E-state index in [0.29, 0.717) is 36.6 Å². The zero-order valence-corrected chi connectivity index (χ0v) is 19.9. The normalized spacial score (nSPS) is 21.6. The number of hydrogen-bond donors (Lipinski definition) is 1. The number of ether oxygens (including phenoxy) is 1. The lowest BCUT2D eigenvalue weighted by Crippen LogP contribution is -2.54. The van der Waals surface area contributed by atoms with Crippen LogP contribution in [0.15, 0.2) is 18.2 Å². The van der Waals surface area contributed by atoms with E-state index in [9.17, 15) is 24.0 Å². The van der Waals surface area contributed by atoms with Gasteiger partial charge in [-0.25, -0.2) is 4.79 Å². The van der Waals surface area contributed by atoms with Gasteiger partial charge in [0, 0.05) is 19.5 Å². The number of imide groups is 2. The number of likely N-dealkylation sites (tertiary alicyclic amines) is 1. The number of carbonyl (C=O) groups excluding carboxylic acids is 5. The number of rotatable bonds is 4. The highest BCUT2D eigenvalue weighted by atomic mass is 16.6. The minimum Gasteiger partial charge on any atom is -0.444 e. The van der Waals surface area contributed by atoms with Gasteiger partial charge in [0.05, 0.1) is 11.1 Å². The highest BCUT2D eigenvalue weighted by molar-refractivity contribution is 6.24. The Kier molecular flexibility index (Phi) is 6.47. The number of nitrogens with zero attached hydrogens (tertiary/aromatic N) is 2. The van der Waals surface area contributed by atoms with E-state index in [4.69, 9.17) is 4.74 Å². The molecule has 1 aromatic carbocycles. The molecule has 0 radical (unpaired) electrons. The predicted octanol–water partition coefficient (Wildman–Crippen LogP) is 2.67. The quantitative estimate of drug-likeness (QED) is 0.679. The maximum absolute atomic E-state index is 13.2. The molecule has 3 aliphatic rings. The van der Waals surface area contributed by atoms with Crippen molar-refractivity contribution < 1.29 is 28.7 Å². The lowest BCUT2D eigenvalue weighted by atomic mass is 9.89. The molecular weight excluding hydrogens is 438 g/mol. The van der Waals surface area contributed by atoms with Crippen LogP contribution in [0.2, 0.25) is 0 Å². The molecule has 0 aliphatic carbocycles. The van der Waals surface area contributed by atoms with Gasteiger partial charge in [-0.2, -0.15) is 0 Å². The van der Waals surface area contributed by atoms with Crippen molar-refractivity contribution in [2.24, 2.45) is 5.92 Å². The van der Waals surface area contributed by atoms with Crippen molar-refractivity contribution in [1.29, 1.82) is 0 Å². The van der Waals surface area contributed by atoms with Crippen LogP contribution in [0.3, 0.4) is 0 Å². The third kappa shape index (κ3) is 4.83. The molecule has 0 aromatic heterocycles. The molecule has 1 N–H and O–H groups in total. The maximum Gasteiger partial charge on any atom is 0.410 e. The van der Waals surface area contributed by atoms with Gasteiger partial charge in [-0.1, -0.05) is 12.1 Å². The van der Waals surface area contributed by atoms with Crippen LogP contribution in [-0.2, 0) is 20.7 Å². The molecule has 5 amide bonds. The Balaban J connectivity index is 1.39. The smallest absolute Gasteiger partial charge is 0.410 e. The molecule has 0 bridgehead atoms. The number of nitrogens with one attached hydrogen (secondary N) is 1. The molecule has 0 saturated carbocycles. The largest absolute Gasteiger partial charge is 0.444 e. The van der Waals surface area contributed by atoms with Crippen LogP contribution in [0.25, 0.3) is 0 Å². The molecule has 2 saturated heterocycles. The summed E-state index contributed by atoms with van der Waals surface area (Å²) in [4.78, 5) is 65.0. The summed E-state index contributed by atoms with van der Waals surface area (Å²) in [6, 6.07) is 4.27. The summed E-state index contributed by atoms with van der Waals surface area (Å²) in [5.74, 6) is -1.56. The molecule has 1 atom stereocenters. The zero-order chi connectivity index (χ0) is 24.6. The van der Waals surface area contributed by atoms with Crippen molar-refractivity contribution in [2.45, 2.75) is 70.9 Å². The van der Waals surface area contributed by atoms with Gasteiger partial charge in [-0.15, -0.1) is 0 Å². The number of benzene rings is 1. The molecule has 9 nitrogen and oxygen atoms in total. The van der Waals surface area contributed by atoms with E-state index >= 15 is 0 Å². The summed E-state index contributed by atoms with van der Waals surface area (Å²) in [5, 5.41) is 2.22. The summed E-state index contributed by atoms with van der Waals surface area (Å²) < 4.78 is 5.45. The zero-order valence-electron chi connectivity index (χ0n) is 19.9. The third-order valence-electron chi connectivity index (χ3n) is 6.64. The van der Waals surface area contributed by atoms with Crippen molar-refractivity contribution in [3.8, 4) is 0 Å². The Morgan fingerprint density at radius 2 is 1.76 bits per heavy atom. The van der Waals surface area contributed by atoms with Gasteiger partial charge in [-0.05, 0) is 70.4 Å². The van der Waals surface area contributed by atoms with Crippen LogP contribution in [-0.4, -0.2) is 64.3 Å². The Labute approximate surface area is 198 Å². The van der Waals surface area contributed by atoms with Crippen LogP contribution in [0.1, 0.15) is 79.2 Å². The lowest BCUT2D eigenvalue weighted by molar-refractivity contribution is -0.136. The van der Waals surface area contributed by atoms with Crippen molar-refractivity contribution in [3.05, 3.63) is 34.9 Å². The van der Waals surface area contributed by atoms with E-state index < -0.39 is 35.3 Å². The Hall–Kier alpha value is -3.23. The summed E-state index contributed by atoms with van der Waals surface area (Å²) in [5.41, 5.74) is 0.948. The Morgan fingerprint density at radius 1 is 1.06 bits per heavy atom. The van der Waals surface area contributed by atoms with E-state index in [0.717, 1.165) is 29.7 Å². The number of amides is 5. The summed E-state index contributed by atoms with van der Waals surface area (Å²) >= 11 is 0. The fourth-order valence-corrected chi connectivity index (χ4v) is 4.88. The van der Waals surface area contributed by atoms with Crippen molar-refractivity contribution >= 4 is 29.7 Å². The standard InChI is InChI=1S/C25H31N3O6/c1-25(2,3)34-24(33)27-13-11-15(12-14-27)7-8-16-5-4-6-17-20(16)23(32)28(22(17)31)18-9-10-19(29)26-21(18)30/h4-6,15,18H,7-14H2,1-3H3,(H,26,29,30). The minimum absolute atomic E-state index is 0.0959. The molecule has 4 rings (SSSR count). The fraction of sp³-hybridized carbons (Fsp3) is 0.560. The molecular formula is C25H31N3O6. The molecule has 9 heteroatoms. The second-order valence-electron chi connectivity index (χ2n) is 10.2. The molecule has 1 unspecified atom stereocenters. The van der Waals surface area contributed by atoms with Crippen LogP contribution in [0.4, 0.5) is 4.79 Å². The average molecular weight is 470 g/mol. The summed E-state index contributed by atoms with van der Waals surface area (Å²) in [7, 11) is 0. The highest BCUT2D eigenvalue weighted by Crippen LogP contribution is 2.32. The first-order valence-electron chi connectivity index (χ1n) is 11.9. The molecule has 1 aromatic rings. The number of piperidine rings is 2. The second kappa shape index (κ2) is 9.19. The Bertz CT molecular complexity index is 1040. The van der Waals surface area contributed by atoms with Gasteiger partial charge >= 0.3 is 6.09 Å². The van der Waals surface area contributed by atoms with Crippen LogP contribution in [0, 0.1) is 5.92 Å². The van der Waals surface area contributed by atoms with E-state index in [2.05, 4.69) is 5.32 Å². The van der Waals surface area contributed by atoms with Gasteiger partial charge in [0.15, 0.2) is 0 Å². The van der Waals surface area contributed by atoms with Crippen LogP contribution in [0.5, 0.6) is 0 Å². The fourth-order valence-electron chi connectivity index (χ4n) is 4.88. The second-order valence-corrected chi connectivity index (χ2v) is 10.2. The topological polar surface area (TPSA) is 113 Å². The number of carbonyl (C=O) groups is 5. The van der Waals surface area contributed by atoms with E-state index in [1.165, 1.54) is 0 Å². The molecule has 3 aliphatic heterocycles. The summed E-state index contributed by atoms with van der Waals surface area (Å²) in [6.07, 6.45) is 3.11. The van der Waals surface area contributed by atoms with Gasteiger partial charge in [0.25, 0.3) is 11.8 Å². The average Bonchev–Trinajstić information content (AvgIpc) is 3.02. The van der Waals surface area contributed by atoms with E-state index in [1.807, 2.05) is 26.8 Å². The minimum atomic E-state index is -0.963. The van der Waals surface area contributed by atoms with E-state index in [1.54, 1.807) is 17.0 Å². The van der Waals surface area contributed by atoms with Crippen LogP contribution >= 0.6 is 0 Å². The monoisotopic (exact) mass is 469 g/mol. The van der Waals surface area contributed by atoms with Gasteiger partial charge < -0.3 is 9.64 Å². The maximum atomic E-state index is 13.2. The number of fused-ring (bicyclic) bond motifs is 1. The first-order valence-corrected chi connectivity index (χ1v) is 11.9. The van der Waals surface area contributed by atoms with Crippen LogP contribution < -0.4 is 5.32 Å². The van der Waals surface area contributed by atoms with Crippen molar-refractivity contribution in [3.63, 3.8) is 0 Å². The van der Waals surface area contributed by atoms with Gasteiger partial charge in [0.2, 0.25) is 11.8 Å². The summed E-state index contributed by atoms with van der Waals surface area (Å²) in [6.45, 7) is 6.82. The lowest BCUT2D eigenvalue weighted by Gasteiger charge is -2.33. The molecule has 2 fully saturated rings. The Morgan fingerprint density at radius 3 is 2.41 bits per heavy atom. The number of aryl methyl sites for hydroxylation is 1. The highest BCUT2D eigenvalue weighted by Gasteiger charge is 2.45. The molecule has 0 spiro atoms. The van der Waals surface area contributed by atoms with Crippen molar-refractivity contribution in [2.75, 3.05) is 13.1 Å². The SMILES string of the molecule is CC(C)(C)OC(=O)N1CCC(CCc2cccc3c2C(=O)N(C2CCC(=O)NC2=O)C3=O)CC1. The molecule has 3 heterocycles. The number of hydrogen-bond acceptors (Lipinski definition) is 6.